The Morgan fingerprint density at radius 1 is 1.23 bits per heavy atom. The van der Waals surface area contributed by atoms with E-state index in [2.05, 4.69) is 15.0 Å². The molecule has 1 unspecified atom stereocenters. The molecular weight excluding hydrogens is 402 g/mol. The number of aromatic nitrogens is 5. The molecule has 4 heterocycles. The molecule has 0 amide bonds. The van der Waals surface area contributed by atoms with Crippen LogP contribution in [0.5, 0.6) is 0 Å². The van der Waals surface area contributed by atoms with E-state index in [1.165, 1.54) is 16.8 Å². The number of pyridine rings is 1. The van der Waals surface area contributed by atoms with Crippen LogP contribution in [0.4, 0.5) is 5.82 Å². The molecule has 1 fully saturated rings. The quantitative estimate of drug-likeness (QED) is 0.613. The first-order valence-corrected chi connectivity index (χ1v) is 11.2. The normalized spacial score (nSPS) is 17.8. The van der Waals surface area contributed by atoms with E-state index in [0.29, 0.717) is 18.9 Å². The van der Waals surface area contributed by atoms with E-state index in [1.54, 1.807) is 24.0 Å². The van der Waals surface area contributed by atoms with Gasteiger partial charge in [-0.25, -0.2) is 23.4 Å². The molecule has 3 aromatic rings. The summed E-state index contributed by atoms with van der Waals surface area (Å²) in [5.74, 6) is 1.35. The third-order valence-electron chi connectivity index (χ3n) is 5.20. The first-order valence-electron chi connectivity index (χ1n) is 9.79. The average Bonchev–Trinajstić information content (AvgIpc) is 3.21. The number of anilines is 1. The van der Waals surface area contributed by atoms with Crippen molar-refractivity contribution in [1.29, 1.82) is 0 Å². The van der Waals surface area contributed by atoms with Gasteiger partial charge in [-0.15, -0.1) is 0 Å². The maximum absolute atomic E-state index is 13.0. The van der Waals surface area contributed by atoms with Crippen molar-refractivity contribution in [3.63, 3.8) is 0 Å². The van der Waals surface area contributed by atoms with Gasteiger partial charge in [-0.2, -0.15) is 4.31 Å². The topological polar surface area (TPSA) is 97.1 Å². The van der Waals surface area contributed by atoms with E-state index in [0.717, 1.165) is 29.9 Å². The van der Waals surface area contributed by atoms with Crippen LogP contribution in [0.15, 0.2) is 48.1 Å². The molecule has 0 bridgehead atoms. The lowest BCUT2D eigenvalue weighted by molar-refractivity contribution is 0.312. The Kier molecular flexibility index (Phi) is 5.52. The molecule has 1 aliphatic rings. The highest BCUT2D eigenvalue weighted by molar-refractivity contribution is 7.89. The molecule has 4 rings (SSSR count). The van der Waals surface area contributed by atoms with Crippen molar-refractivity contribution >= 4 is 15.8 Å². The van der Waals surface area contributed by atoms with Gasteiger partial charge in [0.2, 0.25) is 0 Å². The summed E-state index contributed by atoms with van der Waals surface area (Å²) >= 11 is 0. The Balaban J connectivity index is 1.67. The molecule has 1 atom stereocenters. The van der Waals surface area contributed by atoms with Gasteiger partial charge in [0.1, 0.15) is 5.82 Å². The molecule has 30 heavy (non-hydrogen) atoms. The second-order valence-corrected chi connectivity index (χ2v) is 9.58. The number of hydrogen-bond donors (Lipinski definition) is 0. The molecule has 10 heteroatoms. The molecule has 158 valence electrons. The van der Waals surface area contributed by atoms with Gasteiger partial charge in [-0.3, -0.25) is 4.98 Å². The number of rotatable bonds is 5. The van der Waals surface area contributed by atoms with E-state index in [-0.39, 0.29) is 10.9 Å². The molecule has 1 aliphatic heterocycles. The summed E-state index contributed by atoms with van der Waals surface area (Å²) in [4.78, 5) is 19.6. The number of piperidine rings is 1. The summed E-state index contributed by atoms with van der Waals surface area (Å²) in [7, 11) is 1.98. The molecule has 1 saturated heterocycles. The minimum absolute atomic E-state index is 0.0191. The van der Waals surface area contributed by atoms with Crippen LogP contribution < -0.4 is 4.90 Å². The van der Waals surface area contributed by atoms with Gasteiger partial charge in [0.15, 0.2) is 10.9 Å². The van der Waals surface area contributed by atoms with Crippen LogP contribution in [0.3, 0.4) is 0 Å². The number of sulfonamides is 1. The Hall–Kier alpha value is -2.85. The second-order valence-electron chi connectivity index (χ2n) is 7.69. The fourth-order valence-corrected chi connectivity index (χ4v) is 5.06. The predicted molar refractivity (Wildman–Crippen MR) is 114 cm³/mol. The van der Waals surface area contributed by atoms with Crippen LogP contribution in [0.2, 0.25) is 0 Å². The zero-order chi connectivity index (χ0) is 21.3. The van der Waals surface area contributed by atoms with Crippen molar-refractivity contribution in [1.82, 2.24) is 28.8 Å². The lowest BCUT2D eigenvalue weighted by Gasteiger charge is -2.31. The van der Waals surface area contributed by atoms with E-state index in [9.17, 15) is 8.42 Å². The van der Waals surface area contributed by atoms with Gasteiger partial charge in [-0.05, 0) is 25.0 Å². The van der Waals surface area contributed by atoms with Crippen molar-refractivity contribution in [3.05, 3.63) is 48.8 Å². The van der Waals surface area contributed by atoms with Crippen LogP contribution in [0, 0.1) is 0 Å². The van der Waals surface area contributed by atoms with Gasteiger partial charge in [0, 0.05) is 70.4 Å². The van der Waals surface area contributed by atoms with Gasteiger partial charge >= 0.3 is 0 Å². The summed E-state index contributed by atoms with van der Waals surface area (Å²) in [6, 6.07) is 5.72. The first kappa shape index (κ1) is 20.4. The summed E-state index contributed by atoms with van der Waals surface area (Å²) < 4.78 is 29.2. The number of nitrogens with zero attached hydrogens (tertiary/aromatic N) is 7. The minimum atomic E-state index is -3.63. The highest BCUT2D eigenvalue weighted by atomic mass is 32.2. The Bertz CT molecular complexity index is 1130. The van der Waals surface area contributed by atoms with Gasteiger partial charge < -0.3 is 9.47 Å². The maximum atomic E-state index is 13.0. The lowest BCUT2D eigenvalue weighted by atomic mass is 9.95. The maximum Gasteiger partial charge on any atom is 0.262 e. The molecule has 0 aromatic carbocycles. The van der Waals surface area contributed by atoms with Crippen LogP contribution in [0.25, 0.3) is 11.4 Å². The predicted octanol–water partition coefficient (Wildman–Crippen LogP) is 1.91. The SMILES string of the molecule is CN(C)c1cc(C2CCCN(S(=O)(=O)c3cn(C)cn3)C2)nc(-c2cccnc2)n1. The zero-order valence-electron chi connectivity index (χ0n) is 17.3. The van der Waals surface area contributed by atoms with E-state index < -0.39 is 10.0 Å². The molecule has 0 aliphatic carbocycles. The molecule has 0 spiro atoms. The molecule has 3 aromatic heterocycles. The molecule has 0 radical (unpaired) electrons. The number of imidazole rings is 1. The van der Waals surface area contributed by atoms with Gasteiger partial charge in [0.25, 0.3) is 10.0 Å². The summed E-state index contributed by atoms with van der Waals surface area (Å²) in [6.07, 6.45) is 8.11. The molecular formula is C20H25N7O2S. The van der Waals surface area contributed by atoms with Crippen molar-refractivity contribution < 1.29 is 8.42 Å². The Morgan fingerprint density at radius 3 is 2.73 bits per heavy atom. The van der Waals surface area contributed by atoms with Crippen molar-refractivity contribution in [3.8, 4) is 11.4 Å². The molecule has 9 nitrogen and oxygen atoms in total. The smallest absolute Gasteiger partial charge is 0.262 e. The second kappa shape index (κ2) is 8.11. The van der Waals surface area contributed by atoms with Crippen molar-refractivity contribution in [2.24, 2.45) is 7.05 Å². The third kappa shape index (κ3) is 4.05. The highest BCUT2D eigenvalue weighted by Crippen LogP contribution is 2.31. The monoisotopic (exact) mass is 427 g/mol. The average molecular weight is 428 g/mol. The van der Waals surface area contributed by atoms with E-state index >= 15 is 0 Å². The summed E-state index contributed by atoms with van der Waals surface area (Å²) in [5, 5.41) is 0.0818. The highest BCUT2D eigenvalue weighted by Gasteiger charge is 2.33. The summed E-state index contributed by atoms with van der Waals surface area (Å²) in [6.45, 7) is 0.853. The number of aryl methyl sites for hydroxylation is 1. The van der Waals surface area contributed by atoms with Crippen LogP contribution in [-0.4, -0.2) is 64.4 Å². The van der Waals surface area contributed by atoms with Crippen LogP contribution >= 0.6 is 0 Å². The van der Waals surface area contributed by atoms with Crippen molar-refractivity contribution in [2.75, 3.05) is 32.1 Å². The fourth-order valence-electron chi connectivity index (χ4n) is 3.57. The number of hydrogen-bond acceptors (Lipinski definition) is 7. The van der Waals surface area contributed by atoms with Gasteiger partial charge in [0.05, 0.1) is 12.0 Å². The van der Waals surface area contributed by atoms with Crippen LogP contribution in [0.1, 0.15) is 24.5 Å². The standard InChI is InChI=1S/C20H25N7O2S/c1-25(2)18-10-17(23-20(24-18)15-6-4-8-21-11-15)16-7-5-9-27(12-16)30(28,29)19-13-26(3)14-22-19/h4,6,8,10-11,13-14,16H,5,7,9,12H2,1-3H3. The summed E-state index contributed by atoms with van der Waals surface area (Å²) in [5.41, 5.74) is 1.67. The van der Waals surface area contributed by atoms with Crippen LogP contribution in [-0.2, 0) is 17.1 Å². The molecule has 0 saturated carbocycles. The van der Waals surface area contributed by atoms with E-state index in [1.807, 2.05) is 37.2 Å². The van der Waals surface area contributed by atoms with Crippen molar-refractivity contribution in [2.45, 2.75) is 23.8 Å². The Labute approximate surface area is 176 Å². The zero-order valence-corrected chi connectivity index (χ0v) is 18.1. The first-order chi connectivity index (χ1) is 14.3. The largest absolute Gasteiger partial charge is 0.363 e. The van der Waals surface area contributed by atoms with Gasteiger partial charge in [-0.1, -0.05) is 0 Å². The fraction of sp³-hybridized carbons (Fsp3) is 0.400. The molecule has 0 N–H and O–H groups in total. The Morgan fingerprint density at radius 2 is 2.07 bits per heavy atom. The lowest BCUT2D eigenvalue weighted by Crippen LogP contribution is -2.39. The minimum Gasteiger partial charge on any atom is -0.363 e. The van der Waals surface area contributed by atoms with E-state index in [4.69, 9.17) is 4.98 Å². The third-order valence-corrected chi connectivity index (χ3v) is 6.95.